The van der Waals surface area contributed by atoms with Crippen molar-refractivity contribution < 1.29 is 18.0 Å². The number of nitrogens with zero attached hydrogens (tertiary/aromatic N) is 1. The van der Waals surface area contributed by atoms with E-state index in [-0.39, 0.29) is 30.7 Å². The summed E-state index contributed by atoms with van der Waals surface area (Å²) in [6.07, 6.45) is 0.397. The summed E-state index contributed by atoms with van der Waals surface area (Å²) in [7, 11) is -3.25. The molecule has 8 heteroatoms. The Morgan fingerprint density at radius 1 is 1.43 bits per heavy atom. The van der Waals surface area contributed by atoms with Crippen molar-refractivity contribution in [3.8, 4) is 0 Å². The molecule has 6 nitrogen and oxygen atoms in total. The maximum Gasteiger partial charge on any atom is 0.241 e. The van der Waals surface area contributed by atoms with E-state index in [9.17, 15) is 18.0 Å². The van der Waals surface area contributed by atoms with Crippen molar-refractivity contribution in [2.75, 3.05) is 25.4 Å². The van der Waals surface area contributed by atoms with Crippen LogP contribution in [0.3, 0.4) is 0 Å². The smallest absolute Gasteiger partial charge is 0.241 e. The first-order valence-corrected chi connectivity index (χ1v) is 9.27. The van der Waals surface area contributed by atoms with Crippen molar-refractivity contribution in [3.05, 3.63) is 22.4 Å². The van der Waals surface area contributed by atoms with E-state index in [0.29, 0.717) is 13.0 Å². The van der Waals surface area contributed by atoms with E-state index < -0.39 is 15.1 Å². The molecule has 0 aromatic carbocycles. The van der Waals surface area contributed by atoms with Gasteiger partial charge < -0.3 is 10.2 Å². The van der Waals surface area contributed by atoms with E-state index in [1.54, 1.807) is 0 Å². The van der Waals surface area contributed by atoms with Crippen molar-refractivity contribution in [2.45, 2.75) is 18.6 Å². The van der Waals surface area contributed by atoms with E-state index in [2.05, 4.69) is 5.32 Å². The maximum absolute atomic E-state index is 12.3. The van der Waals surface area contributed by atoms with Gasteiger partial charge in [-0.1, -0.05) is 6.07 Å². The van der Waals surface area contributed by atoms with Crippen LogP contribution in [0.1, 0.15) is 23.5 Å². The van der Waals surface area contributed by atoms with Gasteiger partial charge in [0.05, 0.1) is 17.5 Å². The van der Waals surface area contributed by atoms with E-state index in [1.165, 1.54) is 23.2 Å². The summed E-state index contributed by atoms with van der Waals surface area (Å²) in [6, 6.07) is 3.65. The molecule has 2 heterocycles. The molecule has 1 saturated heterocycles. The Hall–Kier alpha value is -1.41. The first-order chi connectivity index (χ1) is 9.90. The quantitative estimate of drug-likeness (QED) is 0.878. The van der Waals surface area contributed by atoms with Crippen LogP contribution in [0.5, 0.6) is 0 Å². The number of rotatable bonds is 3. The number of hydrogen-bond acceptors (Lipinski definition) is 5. The van der Waals surface area contributed by atoms with Crippen molar-refractivity contribution in [2.24, 2.45) is 0 Å². The van der Waals surface area contributed by atoms with Gasteiger partial charge in [-0.05, 0) is 17.9 Å². The van der Waals surface area contributed by atoms with E-state index in [4.69, 9.17) is 0 Å². The highest BCUT2D eigenvalue weighted by molar-refractivity contribution is 7.91. The highest BCUT2D eigenvalue weighted by atomic mass is 32.2. The fourth-order valence-electron chi connectivity index (χ4n) is 2.30. The van der Waals surface area contributed by atoms with Crippen LogP contribution in [0.15, 0.2) is 17.5 Å². The Bertz CT molecular complexity index is 610. The lowest BCUT2D eigenvalue weighted by molar-refractivity contribution is -0.132. The summed E-state index contributed by atoms with van der Waals surface area (Å²) in [4.78, 5) is 25.2. The molecule has 21 heavy (non-hydrogen) atoms. The van der Waals surface area contributed by atoms with Crippen LogP contribution >= 0.6 is 11.3 Å². The Morgan fingerprint density at radius 2 is 2.19 bits per heavy atom. The first kappa shape index (κ1) is 16.0. The largest absolute Gasteiger partial charge is 0.347 e. The lowest BCUT2D eigenvalue weighted by Crippen LogP contribution is -2.40. The highest BCUT2D eigenvalue weighted by Gasteiger charge is 2.33. The molecule has 1 aliphatic heterocycles. The standard InChI is InChI=1S/C13H18N2O4S2/c1-10(16)14-9-13(17)15-5-4-12(11-3-2-7-20-11)21(18,19)8-6-15/h2-3,7,12H,4-6,8-9H2,1H3,(H,14,16)/t12-/m0/s1. The number of carbonyl (C=O) groups is 2. The normalized spacial score (nSPS) is 21.6. The zero-order valence-corrected chi connectivity index (χ0v) is 13.4. The summed E-state index contributed by atoms with van der Waals surface area (Å²) < 4.78 is 24.7. The molecular formula is C13H18N2O4S2. The number of carbonyl (C=O) groups excluding carboxylic acids is 2. The molecule has 1 atom stereocenters. The lowest BCUT2D eigenvalue weighted by atomic mass is 10.2. The monoisotopic (exact) mass is 330 g/mol. The third-order valence-electron chi connectivity index (χ3n) is 3.44. The van der Waals surface area contributed by atoms with Crippen molar-refractivity contribution in [1.29, 1.82) is 0 Å². The fraction of sp³-hybridized carbons (Fsp3) is 0.538. The number of nitrogens with one attached hydrogen (secondary N) is 1. The topological polar surface area (TPSA) is 83.6 Å². The van der Waals surface area contributed by atoms with Crippen LogP contribution in [0.25, 0.3) is 0 Å². The second-order valence-corrected chi connectivity index (χ2v) is 8.23. The van der Waals surface area contributed by atoms with Gasteiger partial charge >= 0.3 is 0 Å². The molecule has 0 spiro atoms. The van der Waals surface area contributed by atoms with Crippen LogP contribution < -0.4 is 5.32 Å². The van der Waals surface area contributed by atoms with Gasteiger partial charge in [-0.2, -0.15) is 0 Å². The summed E-state index contributed by atoms with van der Waals surface area (Å²) >= 11 is 1.43. The van der Waals surface area contributed by atoms with Crippen LogP contribution in [-0.4, -0.2) is 50.5 Å². The highest BCUT2D eigenvalue weighted by Crippen LogP contribution is 2.32. The van der Waals surface area contributed by atoms with Crippen LogP contribution in [0, 0.1) is 0 Å². The summed E-state index contributed by atoms with van der Waals surface area (Å²) in [5.74, 6) is -0.559. The molecule has 0 saturated carbocycles. The minimum Gasteiger partial charge on any atom is -0.347 e. The van der Waals surface area contributed by atoms with E-state index in [1.807, 2.05) is 17.5 Å². The van der Waals surface area contributed by atoms with Gasteiger partial charge in [-0.3, -0.25) is 9.59 Å². The Balaban J connectivity index is 2.06. The number of thiophene rings is 1. The van der Waals surface area contributed by atoms with Gasteiger partial charge in [-0.25, -0.2) is 8.42 Å². The molecule has 1 N–H and O–H groups in total. The second-order valence-electron chi connectivity index (χ2n) is 4.95. The molecular weight excluding hydrogens is 312 g/mol. The van der Waals surface area contributed by atoms with E-state index in [0.717, 1.165) is 4.88 Å². The van der Waals surface area contributed by atoms with Gasteiger partial charge in [0.2, 0.25) is 11.8 Å². The van der Waals surface area contributed by atoms with Crippen LogP contribution in [-0.2, 0) is 19.4 Å². The molecule has 0 aliphatic carbocycles. The average Bonchev–Trinajstić information content (AvgIpc) is 2.88. The van der Waals surface area contributed by atoms with E-state index >= 15 is 0 Å². The van der Waals surface area contributed by atoms with Gasteiger partial charge in [0.15, 0.2) is 9.84 Å². The molecule has 0 radical (unpaired) electrons. The predicted molar refractivity (Wildman–Crippen MR) is 80.7 cm³/mol. The number of hydrogen-bond donors (Lipinski definition) is 1. The molecule has 2 amide bonds. The zero-order valence-electron chi connectivity index (χ0n) is 11.7. The number of sulfone groups is 1. The lowest BCUT2D eigenvalue weighted by Gasteiger charge is -2.19. The molecule has 116 valence electrons. The molecule has 0 unspecified atom stereocenters. The van der Waals surface area contributed by atoms with Crippen LogP contribution in [0.2, 0.25) is 0 Å². The fourth-order valence-corrected chi connectivity index (χ4v) is 5.30. The SMILES string of the molecule is CC(=O)NCC(=O)N1CC[C@@H](c2cccs2)S(=O)(=O)CC1. The summed E-state index contributed by atoms with van der Waals surface area (Å²) in [5, 5.41) is 3.77. The average molecular weight is 330 g/mol. The third-order valence-corrected chi connectivity index (χ3v) is 6.69. The van der Waals surface area contributed by atoms with Crippen LogP contribution in [0.4, 0.5) is 0 Å². The molecule has 1 aliphatic rings. The predicted octanol–water partition coefficient (Wildman–Crippen LogP) is 0.572. The Labute approximate surface area is 128 Å². The molecule has 1 fully saturated rings. The van der Waals surface area contributed by atoms with Crippen molar-refractivity contribution in [1.82, 2.24) is 10.2 Å². The molecule has 0 bridgehead atoms. The molecule has 2 rings (SSSR count). The van der Waals surface area contributed by atoms with Crippen molar-refractivity contribution in [3.63, 3.8) is 0 Å². The zero-order chi connectivity index (χ0) is 15.5. The summed E-state index contributed by atoms with van der Waals surface area (Å²) in [6.45, 7) is 1.83. The van der Waals surface area contributed by atoms with Crippen molar-refractivity contribution >= 4 is 33.0 Å². The van der Waals surface area contributed by atoms with Gasteiger partial charge in [0, 0.05) is 24.9 Å². The van der Waals surface area contributed by atoms with Gasteiger partial charge in [0.1, 0.15) is 0 Å². The summed E-state index contributed by atoms with van der Waals surface area (Å²) in [5.41, 5.74) is 0. The molecule has 1 aromatic rings. The second kappa shape index (κ2) is 6.57. The minimum absolute atomic E-state index is 0.0403. The van der Waals surface area contributed by atoms with Gasteiger partial charge in [-0.15, -0.1) is 11.3 Å². The first-order valence-electron chi connectivity index (χ1n) is 6.67. The molecule has 1 aromatic heterocycles. The Morgan fingerprint density at radius 3 is 2.81 bits per heavy atom. The van der Waals surface area contributed by atoms with Gasteiger partial charge in [0.25, 0.3) is 0 Å². The Kier molecular flexibility index (Phi) is 5.00. The third kappa shape index (κ3) is 4.04. The minimum atomic E-state index is -3.25. The maximum atomic E-state index is 12.3. The number of amides is 2.